The van der Waals surface area contributed by atoms with E-state index in [9.17, 15) is 14.4 Å². The molecular weight excluding hydrogens is 451 g/mol. The van der Waals surface area contributed by atoms with Gasteiger partial charge in [0.15, 0.2) is 0 Å². The van der Waals surface area contributed by atoms with Crippen molar-refractivity contribution in [1.29, 1.82) is 0 Å². The van der Waals surface area contributed by atoms with Gasteiger partial charge in [0, 0.05) is 21.9 Å². The van der Waals surface area contributed by atoms with Crippen LogP contribution in [-0.4, -0.2) is 36.3 Å². The van der Waals surface area contributed by atoms with Gasteiger partial charge in [0.1, 0.15) is 0 Å². The van der Waals surface area contributed by atoms with E-state index in [0.717, 1.165) is 12.0 Å². The van der Waals surface area contributed by atoms with E-state index in [1.165, 1.54) is 0 Å². The van der Waals surface area contributed by atoms with Crippen molar-refractivity contribution in [2.24, 2.45) is 0 Å². The number of carbonyl (C=O) groups is 3. The first kappa shape index (κ1) is 25.5. The van der Waals surface area contributed by atoms with E-state index in [0.29, 0.717) is 22.0 Å². The molecule has 0 aliphatic carbocycles. The Hall–Kier alpha value is -2.77. The first-order valence-electron chi connectivity index (χ1n) is 10.2. The zero-order valence-corrected chi connectivity index (χ0v) is 20.1. The molecule has 0 fully saturated rings. The number of benzene rings is 2. The molecule has 172 valence electrons. The molecule has 3 amide bonds. The van der Waals surface area contributed by atoms with E-state index in [1.54, 1.807) is 43.3 Å². The Morgan fingerprint density at radius 3 is 2.34 bits per heavy atom. The first-order valence-corrected chi connectivity index (χ1v) is 11.0. The van der Waals surface area contributed by atoms with Crippen molar-refractivity contribution in [2.45, 2.75) is 39.7 Å². The van der Waals surface area contributed by atoms with Crippen LogP contribution in [0.1, 0.15) is 43.1 Å². The molecule has 2 aromatic rings. The third kappa shape index (κ3) is 7.43. The molecule has 9 heteroatoms. The normalized spacial score (nSPS) is 10.9. The molecule has 0 heterocycles. The molecule has 0 saturated carbocycles. The van der Waals surface area contributed by atoms with Gasteiger partial charge in [-0.1, -0.05) is 36.2 Å². The topological polar surface area (TPSA) is 99.3 Å². The van der Waals surface area contributed by atoms with Crippen molar-refractivity contribution in [3.05, 3.63) is 57.6 Å². The number of hydrogen-bond acceptors (Lipinski definition) is 4. The zero-order chi connectivity index (χ0) is 23.9. The van der Waals surface area contributed by atoms with Gasteiger partial charge in [0.25, 0.3) is 5.91 Å². The smallest absolute Gasteiger partial charge is 0.253 e. The first-order chi connectivity index (χ1) is 15.0. The molecule has 0 bridgehead atoms. The molecule has 0 aliphatic rings. The van der Waals surface area contributed by atoms with Crippen molar-refractivity contribution >= 4 is 52.3 Å². The molecule has 0 spiro atoms. The summed E-state index contributed by atoms with van der Waals surface area (Å²) >= 11 is 12.3. The molecule has 0 saturated heterocycles. The van der Waals surface area contributed by atoms with Gasteiger partial charge < -0.3 is 21.3 Å². The van der Waals surface area contributed by atoms with Crippen molar-refractivity contribution < 1.29 is 14.4 Å². The lowest BCUT2D eigenvalue weighted by Crippen LogP contribution is -2.42. The van der Waals surface area contributed by atoms with Gasteiger partial charge in [-0.05, 0) is 63.1 Å². The predicted molar refractivity (Wildman–Crippen MR) is 130 cm³/mol. The van der Waals surface area contributed by atoms with E-state index in [2.05, 4.69) is 21.3 Å². The van der Waals surface area contributed by atoms with E-state index >= 15 is 0 Å². The quantitative estimate of drug-likeness (QED) is 0.429. The highest BCUT2D eigenvalue weighted by Gasteiger charge is 2.20. The molecule has 0 atom stereocenters. The Kier molecular flexibility index (Phi) is 8.92. The third-order valence-corrected chi connectivity index (χ3v) is 5.71. The minimum Gasteiger partial charge on any atom is -0.376 e. The van der Waals surface area contributed by atoms with E-state index in [-0.39, 0.29) is 41.4 Å². The monoisotopic (exact) mass is 478 g/mol. The number of anilines is 2. The molecule has 32 heavy (non-hydrogen) atoms. The average Bonchev–Trinajstić information content (AvgIpc) is 2.73. The van der Waals surface area contributed by atoms with Gasteiger partial charge in [-0.25, -0.2) is 0 Å². The fourth-order valence-electron chi connectivity index (χ4n) is 2.63. The van der Waals surface area contributed by atoms with Crippen molar-refractivity contribution in [2.75, 3.05) is 23.7 Å². The number of rotatable bonds is 9. The lowest BCUT2D eigenvalue weighted by Gasteiger charge is -2.24. The Labute approximate surface area is 198 Å². The highest BCUT2D eigenvalue weighted by atomic mass is 35.5. The predicted octanol–water partition coefficient (Wildman–Crippen LogP) is 4.39. The SMILES string of the molecule is CCC(C)(C)NC(=O)c1ccc(NCC(=O)NCC(=O)Nc2cccc(Cl)c2C)cc1Cl. The Balaban J connectivity index is 1.83. The summed E-state index contributed by atoms with van der Waals surface area (Å²) in [7, 11) is 0. The molecule has 7 nitrogen and oxygen atoms in total. The van der Waals surface area contributed by atoms with Crippen LogP contribution < -0.4 is 21.3 Å². The van der Waals surface area contributed by atoms with Crippen LogP contribution in [0.5, 0.6) is 0 Å². The second-order valence-corrected chi connectivity index (χ2v) is 8.79. The molecular formula is C23H28Cl2N4O3. The summed E-state index contributed by atoms with van der Waals surface area (Å²) in [5.74, 6) is -0.991. The van der Waals surface area contributed by atoms with Crippen LogP contribution >= 0.6 is 23.2 Å². The van der Waals surface area contributed by atoms with Crippen molar-refractivity contribution in [3.8, 4) is 0 Å². The van der Waals surface area contributed by atoms with Crippen LogP contribution in [0.15, 0.2) is 36.4 Å². The zero-order valence-electron chi connectivity index (χ0n) is 18.6. The van der Waals surface area contributed by atoms with Crippen LogP contribution in [0.25, 0.3) is 0 Å². The molecule has 0 aromatic heterocycles. The van der Waals surface area contributed by atoms with Crippen LogP contribution in [-0.2, 0) is 9.59 Å². The number of nitrogens with one attached hydrogen (secondary N) is 4. The molecule has 2 rings (SSSR count). The lowest BCUT2D eigenvalue weighted by atomic mass is 10.0. The van der Waals surface area contributed by atoms with E-state index in [1.807, 2.05) is 20.8 Å². The largest absolute Gasteiger partial charge is 0.376 e. The van der Waals surface area contributed by atoms with Crippen LogP contribution in [0.3, 0.4) is 0 Å². The number of hydrogen-bond donors (Lipinski definition) is 4. The third-order valence-electron chi connectivity index (χ3n) is 4.99. The molecule has 0 unspecified atom stereocenters. The average molecular weight is 479 g/mol. The van der Waals surface area contributed by atoms with Gasteiger partial charge in [-0.15, -0.1) is 0 Å². The number of carbonyl (C=O) groups excluding carboxylic acids is 3. The highest BCUT2D eigenvalue weighted by molar-refractivity contribution is 6.34. The Bertz CT molecular complexity index is 1010. The van der Waals surface area contributed by atoms with Gasteiger partial charge in [0.05, 0.1) is 23.7 Å². The summed E-state index contributed by atoms with van der Waals surface area (Å²) in [6, 6.07) is 10.1. The molecule has 2 aromatic carbocycles. The summed E-state index contributed by atoms with van der Waals surface area (Å²) in [6.07, 6.45) is 0.780. The summed E-state index contributed by atoms with van der Waals surface area (Å²) < 4.78 is 0. The maximum atomic E-state index is 12.4. The minimum atomic E-state index is -0.370. The Morgan fingerprint density at radius 2 is 1.69 bits per heavy atom. The highest BCUT2D eigenvalue weighted by Crippen LogP contribution is 2.23. The standard InChI is InChI=1S/C23H28Cl2N4O3/c1-5-23(3,4)29-22(32)16-10-9-15(11-18(16)25)26-12-20(30)27-13-21(31)28-19-8-6-7-17(24)14(19)2/h6-11,26H,5,12-13H2,1-4H3,(H,27,30)(H,28,31)(H,29,32). The van der Waals surface area contributed by atoms with Gasteiger partial charge in [0.2, 0.25) is 11.8 Å². The lowest BCUT2D eigenvalue weighted by molar-refractivity contribution is -0.122. The molecule has 0 radical (unpaired) electrons. The second kappa shape index (κ2) is 11.2. The van der Waals surface area contributed by atoms with Gasteiger partial charge in [-0.2, -0.15) is 0 Å². The van der Waals surface area contributed by atoms with Crippen LogP contribution in [0.2, 0.25) is 10.0 Å². The van der Waals surface area contributed by atoms with Crippen LogP contribution in [0.4, 0.5) is 11.4 Å². The van der Waals surface area contributed by atoms with Gasteiger partial charge in [-0.3, -0.25) is 14.4 Å². The fourth-order valence-corrected chi connectivity index (χ4v) is 3.07. The number of halogens is 2. The van der Waals surface area contributed by atoms with E-state index < -0.39 is 0 Å². The summed E-state index contributed by atoms with van der Waals surface area (Å²) in [5.41, 5.74) is 1.94. The maximum absolute atomic E-state index is 12.4. The number of amides is 3. The fraction of sp³-hybridized carbons (Fsp3) is 0.348. The van der Waals surface area contributed by atoms with Crippen molar-refractivity contribution in [1.82, 2.24) is 10.6 Å². The summed E-state index contributed by atoms with van der Waals surface area (Å²) in [6.45, 7) is 7.41. The van der Waals surface area contributed by atoms with Gasteiger partial charge >= 0.3 is 0 Å². The minimum absolute atomic E-state index is 0.0613. The summed E-state index contributed by atoms with van der Waals surface area (Å²) in [5, 5.41) is 11.9. The molecule has 0 aliphatic heterocycles. The van der Waals surface area contributed by atoms with E-state index in [4.69, 9.17) is 23.2 Å². The second-order valence-electron chi connectivity index (χ2n) is 7.98. The van der Waals surface area contributed by atoms with Crippen LogP contribution in [0, 0.1) is 6.92 Å². The summed E-state index contributed by atoms with van der Waals surface area (Å²) in [4.78, 5) is 36.6. The Morgan fingerprint density at radius 1 is 0.969 bits per heavy atom. The van der Waals surface area contributed by atoms with Crippen molar-refractivity contribution in [3.63, 3.8) is 0 Å². The molecule has 4 N–H and O–H groups in total. The maximum Gasteiger partial charge on any atom is 0.253 e.